The summed E-state index contributed by atoms with van der Waals surface area (Å²) in [6.45, 7) is 2.87. The van der Waals surface area contributed by atoms with Crippen LogP contribution >= 0.6 is 23.0 Å². The highest BCUT2D eigenvalue weighted by atomic mass is 127. The third-order valence-electron chi connectivity index (χ3n) is 1.74. The van der Waals surface area contributed by atoms with E-state index in [0.717, 1.165) is 0 Å². The highest BCUT2D eigenvalue weighted by Crippen LogP contribution is 2.11. The molecule has 0 N–H and O–H groups in total. The minimum Gasteiger partial charge on any atom is -0.457 e. The van der Waals surface area contributed by atoms with E-state index in [4.69, 9.17) is 13.9 Å². The van der Waals surface area contributed by atoms with Crippen molar-refractivity contribution in [2.75, 3.05) is 19.8 Å². The predicted molar refractivity (Wildman–Crippen MR) is 64.9 cm³/mol. The molecule has 0 aliphatic rings. The first kappa shape index (κ1) is 14.0. The minimum atomic E-state index is -0.654. The Morgan fingerprint density at radius 2 is 1.88 bits per heavy atom. The molecule has 1 rings (SSSR count). The maximum atomic E-state index is 11.4. The lowest BCUT2D eigenvalue weighted by molar-refractivity contribution is 0.0302. The first-order valence-corrected chi connectivity index (χ1v) is 5.74. The Balaban J connectivity index is 2.46. The maximum Gasteiger partial charge on any atom is 0.383 e. The molecular formula is C10H11IO6. The molecule has 0 radical (unpaired) electrons. The van der Waals surface area contributed by atoms with E-state index in [1.54, 1.807) is 0 Å². The molecular weight excluding hydrogens is 343 g/mol. The number of hydrogen-bond donors (Lipinski definition) is 0. The third-order valence-corrected chi connectivity index (χ3v) is 2.14. The van der Waals surface area contributed by atoms with Crippen molar-refractivity contribution in [2.24, 2.45) is 0 Å². The summed E-state index contributed by atoms with van der Waals surface area (Å²) in [5.74, 6) is -1.38. The summed E-state index contributed by atoms with van der Waals surface area (Å²) in [5, 5.41) is 0. The summed E-state index contributed by atoms with van der Waals surface area (Å²) >= 11 is 1.43. The molecule has 0 unspecified atom stereocenters. The van der Waals surface area contributed by atoms with Gasteiger partial charge in [0.15, 0.2) is 23.0 Å². The van der Waals surface area contributed by atoms with E-state index in [0.29, 0.717) is 13.2 Å². The second-order valence-corrected chi connectivity index (χ2v) is 3.30. The van der Waals surface area contributed by atoms with Gasteiger partial charge in [-0.25, -0.2) is 9.59 Å². The van der Waals surface area contributed by atoms with Gasteiger partial charge in [0, 0.05) is 6.61 Å². The van der Waals surface area contributed by atoms with Gasteiger partial charge in [-0.1, -0.05) is 0 Å². The van der Waals surface area contributed by atoms with Crippen LogP contribution < -0.4 is 0 Å². The van der Waals surface area contributed by atoms with E-state index in [-0.39, 0.29) is 18.1 Å². The number of carbonyl (C=O) groups is 2. The molecule has 0 aliphatic heterocycles. The topological polar surface area (TPSA) is 75.0 Å². The molecule has 6 nitrogen and oxygen atoms in total. The van der Waals surface area contributed by atoms with E-state index < -0.39 is 11.9 Å². The van der Waals surface area contributed by atoms with Crippen molar-refractivity contribution < 1.29 is 26.5 Å². The molecule has 0 spiro atoms. The number of furan rings is 1. The van der Waals surface area contributed by atoms with Crippen LogP contribution in [0.15, 0.2) is 16.5 Å². The number of ether oxygens (including phenoxy) is 2. The Hall–Kier alpha value is -1.09. The van der Waals surface area contributed by atoms with Crippen molar-refractivity contribution in [3.8, 4) is 0 Å². The first-order valence-electron chi connectivity index (χ1n) is 4.86. The van der Waals surface area contributed by atoms with Gasteiger partial charge in [0.05, 0.1) is 6.61 Å². The molecule has 94 valence electrons. The summed E-state index contributed by atoms with van der Waals surface area (Å²) in [6, 6.07) is 2.70. The van der Waals surface area contributed by atoms with Gasteiger partial charge < -0.3 is 17.0 Å². The van der Waals surface area contributed by atoms with Crippen molar-refractivity contribution in [3.05, 3.63) is 23.7 Å². The monoisotopic (exact) mass is 354 g/mol. The zero-order valence-corrected chi connectivity index (χ0v) is 11.3. The summed E-state index contributed by atoms with van der Waals surface area (Å²) in [4.78, 5) is 22.5. The second-order valence-electron chi connectivity index (χ2n) is 2.86. The zero-order valence-electron chi connectivity index (χ0n) is 9.10. The molecule has 0 saturated carbocycles. The summed E-state index contributed by atoms with van der Waals surface area (Å²) < 4.78 is 19.2. The van der Waals surface area contributed by atoms with Crippen LogP contribution in [-0.2, 0) is 12.5 Å². The van der Waals surface area contributed by atoms with Crippen LogP contribution in [0.25, 0.3) is 0 Å². The van der Waals surface area contributed by atoms with E-state index in [9.17, 15) is 9.59 Å². The van der Waals surface area contributed by atoms with Crippen LogP contribution in [0.3, 0.4) is 0 Å². The van der Waals surface area contributed by atoms with Crippen molar-refractivity contribution in [2.45, 2.75) is 6.92 Å². The molecule has 17 heavy (non-hydrogen) atoms. The van der Waals surface area contributed by atoms with Crippen molar-refractivity contribution in [1.82, 2.24) is 0 Å². The number of rotatable bonds is 6. The van der Waals surface area contributed by atoms with Gasteiger partial charge in [-0.3, -0.25) is 0 Å². The summed E-state index contributed by atoms with van der Waals surface area (Å²) in [7, 11) is 0. The molecule has 0 fully saturated rings. The second kappa shape index (κ2) is 7.28. The van der Waals surface area contributed by atoms with Gasteiger partial charge in [0.25, 0.3) is 0 Å². The predicted octanol–water partition coefficient (Wildman–Crippen LogP) is 1.98. The lowest BCUT2D eigenvalue weighted by Gasteiger charge is -2.02. The molecule has 0 aromatic carbocycles. The number of esters is 1. The third kappa shape index (κ3) is 4.35. The highest BCUT2D eigenvalue weighted by molar-refractivity contribution is 14.1. The van der Waals surface area contributed by atoms with Crippen LogP contribution in [0.4, 0.5) is 0 Å². The number of carbonyl (C=O) groups excluding carboxylic acids is 2. The average molecular weight is 354 g/mol. The smallest absolute Gasteiger partial charge is 0.383 e. The fourth-order valence-corrected chi connectivity index (χ4v) is 1.22. The zero-order chi connectivity index (χ0) is 12.7. The minimum absolute atomic E-state index is 0.0432. The van der Waals surface area contributed by atoms with Crippen molar-refractivity contribution in [1.29, 1.82) is 0 Å². The number of halogens is 1. The van der Waals surface area contributed by atoms with Gasteiger partial charge >= 0.3 is 11.9 Å². The van der Waals surface area contributed by atoms with Crippen LogP contribution in [0.2, 0.25) is 0 Å². The molecule has 0 amide bonds. The average Bonchev–Trinajstić information content (AvgIpc) is 2.83. The Labute approximate surface area is 112 Å². The van der Waals surface area contributed by atoms with Gasteiger partial charge in [0.1, 0.15) is 6.61 Å². The highest BCUT2D eigenvalue weighted by Gasteiger charge is 2.17. The lowest BCUT2D eigenvalue weighted by atomic mass is 10.4. The quantitative estimate of drug-likeness (QED) is 0.442. The van der Waals surface area contributed by atoms with Crippen LogP contribution in [0.1, 0.15) is 28.0 Å². The Kier molecular flexibility index (Phi) is 5.98. The molecule has 0 bridgehead atoms. The van der Waals surface area contributed by atoms with E-state index in [2.05, 4.69) is 3.07 Å². The van der Waals surface area contributed by atoms with Gasteiger partial charge in [-0.2, -0.15) is 0 Å². The normalized spacial score (nSPS) is 10.0. The largest absolute Gasteiger partial charge is 0.457 e. The molecule has 1 aromatic heterocycles. The lowest BCUT2D eigenvalue weighted by Crippen LogP contribution is -2.10. The van der Waals surface area contributed by atoms with Crippen LogP contribution in [0.5, 0.6) is 0 Å². The number of hydrogen-bond acceptors (Lipinski definition) is 6. The fraction of sp³-hybridized carbons (Fsp3) is 0.400. The van der Waals surface area contributed by atoms with Crippen molar-refractivity contribution in [3.63, 3.8) is 0 Å². The van der Waals surface area contributed by atoms with Crippen molar-refractivity contribution >= 4 is 34.9 Å². The van der Waals surface area contributed by atoms with Crippen LogP contribution in [0, 0.1) is 0 Å². The van der Waals surface area contributed by atoms with E-state index in [1.807, 2.05) is 6.92 Å². The molecule has 0 saturated heterocycles. The van der Waals surface area contributed by atoms with Crippen LogP contribution in [-0.4, -0.2) is 31.8 Å². The summed E-state index contributed by atoms with van der Waals surface area (Å²) in [5.41, 5.74) is 0. The SMILES string of the molecule is CCOCCOC(=O)c1ccc(C(=O)OI)o1. The first-order chi connectivity index (χ1) is 8.19. The molecule has 0 aliphatic carbocycles. The Morgan fingerprint density at radius 3 is 2.47 bits per heavy atom. The van der Waals surface area contributed by atoms with Gasteiger partial charge in [-0.15, -0.1) is 0 Å². The fourth-order valence-electron chi connectivity index (χ4n) is 1.00. The standard InChI is InChI=1S/C10H11IO6/c1-2-14-5-6-15-9(12)7-3-4-8(16-7)10(13)17-11/h3-4H,2,5-6H2,1H3. The molecule has 0 atom stereocenters. The van der Waals surface area contributed by atoms with E-state index >= 15 is 0 Å². The van der Waals surface area contributed by atoms with E-state index in [1.165, 1.54) is 35.1 Å². The summed E-state index contributed by atoms with van der Waals surface area (Å²) in [6.07, 6.45) is 0. The Bertz CT molecular complexity index is 386. The molecule has 1 aromatic rings. The molecule has 1 heterocycles. The Morgan fingerprint density at radius 1 is 1.24 bits per heavy atom. The molecule has 7 heteroatoms. The van der Waals surface area contributed by atoms with Gasteiger partial charge in [0.2, 0.25) is 11.5 Å². The van der Waals surface area contributed by atoms with Gasteiger partial charge in [-0.05, 0) is 19.1 Å². The maximum absolute atomic E-state index is 11.4.